The average molecular weight is 755 g/mol. The smallest absolute Gasteiger partial charge is 0.190 e. The van der Waals surface area contributed by atoms with E-state index in [1.54, 1.807) is 11.3 Å². The third kappa shape index (κ3) is 4.90. The summed E-state index contributed by atoms with van der Waals surface area (Å²) in [6.45, 7) is 0. The Balaban J connectivity index is 0.999. The maximum atomic E-state index is 6.60. The van der Waals surface area contributed by atoms with Gasteiger partial charge in [-0.15, -0.1) is 11.3 Å². The number of hydrogen-bond acceptors (Lipinski definition) is 6. The normalized spacial score (nSPS) is 11.9. The molecule has 0 saturated carbocycles. The minimum Gasteiger partial charge on any atom is -0.456 e. The van der Waals surface area contributed by atoms with Gasteiger partial charge in [0.05, 0.1) is 0 Å². The first kappa shape index (κ1) is 31.5. The van der Waals surface area contributed by atoms with E-state index in [4.69, 9.17) is 8.83 Å². The van der Waals surface area contributed by atoms with Gasteiger partial charge in [0, 0.05) is 85.9 Å². The van der Waals surface area contributed by atoms with E-state index in [2.05, 4.69) is 180 Å². The molecule has 0 fully saturated rings. The Hall–Kier alpha value is -6.86. The summed E-state index contributed by atoms with van der Waals surface area (Å²) in [4.78, 5) is 5.61. The first-order valence-corrected chi connectivity index (χ1v) is 20.3. The van der Waals surface area contributed by atoms with Crippen molar-refractivity contribution < 1.29 is 8.83 Å². The fourth-order valence-corrected chi connectivity index (χ4v) is 10.6. The molecule has 264 valence electrons. The minimum atomic E-state index is 0.884. The molecule has 0 bridgehead atoms. The van der Waals surface area contributed by atoms with Crippen LogP contribution in [0.2, 0.25) is 0 Å². The number of rotatable bonds is 6. The summed E-state index contributed by atoms with van der Waals surface area (Å²) >= 11 is 3.55. The lowest BCUT2D eigenvalue weighted by atomic mass is 10.1. The fourth-order valence-electron chi connectivity index (χ4n) is 8.33. The Morgan fingerprint density at radius 2 is 0.804 bits per heavy atom. The molecule has 4 heterocycles. The molecule has 12 rings (SSSR count). The zero-order chi connectivity index (χ0) is 36.7. The number of hydrogen-bond donors (Lipinski definition) is 0. The largest absolute Gasteiger partial charge is 0.456 e. The van der Waals surface area contributed by atoms with E-state index in [1.807, 2.05) is 23.5 Å². The minimum absolute atomic E-state index is 0.884. The van der Waals surface area contributed by atoms with E-state index >= 15 is 0 Å². The molecule has 4 aromatic heterocycles. The van der Waals surface area contributed by atoms with Crippen LogP contribution < -0.4 is 9.80 Å². The summed E-state index contributed by atoms with van der Waals surface area (Å²) in [5, 5.41) is 8.26. The number of nitrogens with zero attached hydrogens (tertiary/aromatic N) is 2. The van der Waals surface area contributed by atoms with Crippen molar-refractivity contribution in [2.45, 2.75) is 0 Å². The lowest BCUT2D eigenvalue weighted by Crippen LogP contribution is -2.09. The molecular weight excluding hydrogens is 725 g/mol. The first-order valence-electron chi connectivity index (χ1n) is 18.7. The highest BCUT2D eigenvalue weighted by Crippen LogP contribution is 2.47. The van der Waals surface area contributed by atoms with Crippen LogP contribution in [0.4, 0.5) is 34.1 Å². The van der Waals surface area contributed by atoms with Crippen molar-refractivity contribution in [3.05, 3.63) is 182 Å². The summed E-state index contributed by atoms with van der Waals surface area (Å²) in [7, 11) is 0. The first-order chi connectivity index (χ1) is 27.7. The third-order valence-electron chi connectivity index (χ3n) is 10.9. The molecule has 8 aromatic carbocycles. The number of anilines is 6. The molecule has 6 heteroatoms. The Morgan fingerprint density at radius 1 is 0.304 bits per heavy atom. The summed E-state index contributed by atoms with van der Waals surface area (Å²) in [6.07, 6.45) is 0. The molecule has 0 aliphatic rings. The lowest BCUT2D eigenvalue weighted by Gasteiger charge is -2.25. The molecule has 0 radical (unpaired) electrons. The molecule has 0 spiro atoms. The standard InChI is InChI=1S/C50H30N2O2S2/c1-3-11-31(12-4-1)51(33-21-25-44-41(27-33)37-15-7-9-17-43(37)53-44)36-20-24-40-48(30-36)56-50-49(40)42-28-34(22-26-45(42)54-50)52(32-13-5-2-6-14-32)35-19-23-39-38-16-8-10-18-46(38)55-47(39)29-35/h1-30H. The van der Waals surface area contributed by atoms with Gasteiger partial charge in [0.1, 0.15) is 16.7 Å². The molecule has 56 heavy (non-hydrogen) atoms. The van der Waals surface area contributed by atoms with Crippen molar-refractivity contribution in [1.82, 2.24) is 0 Å². The third-order valence-corrected chi connectivity index (χ3v) is 13.0. The summed E-state index contributed by atoms with van der Waals surface area (Å²) in [6, 6.07) is 64.8. The second-order valence-corrected chi connectivity index (χ2v) is 16.2. The highest BCUT2D eigenvalue weighted by molar-refractivity contribution is 7.26. The van der Waals surface area contributed by atoms with Crippen molar-refractivity contribution in [2.24, 2.45) is 0 Å². The van der Waals surface area contributed by atoms with Gasteiger partial charge in [0.2, 0.25) is 0 Å². The molecule has 12 aromatic rings. The Bertz CT molecular complexity index is 3450. The summed E-state index contributed by atoms with van der Waals surface area (Å²) < 4.78 is 16.5. The van der Waals surface area contributed by atoms with Gasteiger partial charge >= 0.3 is 0 Å². The van der Waals surface area contributed by atoms with Crippen LogP contribution >= 0.6 is 22.7 Å². The van der Waals surface area contributed by atoms with Crippen LogP contribution in [-0.4, -0.2) is 0 Å². The Kier molecular flexibility index (Phi) is 6.93. The predicted octanol–water partition coefficient (Wildman–Crippen LogP) is 16.0. The Labute approximate surface area is 329 Å². The topological polar surface area (TPSA) is 32.8 Å². The van der Waals surface area contributed by atoms with Crippen LogP contribution in [0.1, 0.15) is 0 Å². The Morgan fingerprint density at radius 3 is 1.52 bits per heavy atom. The monoisotopic (exact) mass is 754 g/mol. The van der Waals surface area contributed by atoms with Gasteiger partial charge in [-0.25, -0.2) is 0 Å². The van der Waals surface area contributed by atoms with Gasteiger partial charge in [-0.3, -0.25) is 0 Å². The van der Waals surface area contributed by atoms with Gasteiger partial charge in [-0.2, -0.15) is 0 Å². The predicted molar refractivity (Wildman–Crippen MR) is 239 cm³/mol. The second kappa shape index (κ2) is 12.3. The van der Waals surface area contributed by atoms with Gasteiger partial charge in [-0.1, -0.05) is 96.3 Å². The van der Waals surface area contributed by atoms with Crippen molar-refractivity contribution in [3.63, 3.8) is 0 Å². The second-order valence-electron chi connectivity index (χ2n) is 14.1. The number of para-hydroxylation sites is 3. The number of benzene rings is 8. The summed E-state index contributed by atoms with van der Waals surface area (Å²) in [5.74, 6) is 0. The molecule has 0 saturated heterocycles. The van der Waals surface area contributed by atoms with Gasteiger partial charge in [-0.05, 0) is 97.1 Å². The van der Waals surface area contributed by atoms with E-state index in [9.17, 15) is 0 Å². The maximum Gasteiger partial charge on any atom is 0.190 e. The highest BCUT2D eigenvalue weighted by Gasteiger charge is 2.21. The highest BCUT2D eigenvalue weighted by atomic mass is 32.1. The van der Waals surface area contributed by atoms with E-state index in [-0.39, 0.29) is 0 Å². The van der Waals surface area contributed by atoms with Gasteiger partial charge in [0.15, 0.2) is 4.90 Å². The molecule has 0 aliphatic heterocycles. The number of thiophene rings is 2. The van der Waals surface area contributed by atoms with Crippen molar-refractivity contribution in [1.29, 1.82) is 0 Å². The van der Waals surface area contributed by atoms with Crippen LogP contribution in [0.25, 0.3) is 73.4 Å². The zero-order valence-electron chi connectivity index (χ0n) is 29.8. The molecule has 0 aliphatic carbocycles. The molecule has 0 unspecified atom stereocenters. The van der Waals surface area contributed by atoms with Crippen LogP contribution in [0.3, 0.4) is 0 Å². The van der Waals surface area contributed by atoms with Crippen molar-refractivity contribution in [3.8, 4) is 0 Å². The number of fused-ring (bicyclic) bond motifs is 11. The van der Waals surface area contributed by atoms with E-state index in [0.717, 1.165) is 77.3 Å². The quantitative estimate of drug-likeness (QED) is 0.169. The van der Waals surface area contributed by atoms with Crippen LogP contribution in [-0.2, 0) is 0 Å². The molecule has 4 nitrogen and oxygen atoms in total. The SMILES string of the molecule is c1ccc(N(c2ccc3c(c2)sc2oc4ccc(N(c5ccccc5)c5ccc6c(c5)sc5ccccc56)cc4c23)c2ccc3oc4ccccc4c3c2)cc1. The van der Waals surface area contributed by atoms with Gasteiger partial charge < -0.3 is 18.6 Å². The molecular formula is C50H30N2O2S2. The molecule has 0 atom stereocenters. The van der Waals surface area contributed by atoms with Crippen LogP contribution in [0, 0.1) is 0 Å². The number of furan rings is 2. The average Bonchev–Trinajstić information content (AvgIpc) is 4.00. The fraction of sp³-hybridized carbons (Fsp3) is 0. The van der Waals surface area contributed by atoms with E-state index < -0.39 is 0 Å². The van der Waals surface area contributed by atoms with Gasteiger partial charge in [0.25, 0.3) is 0 Å². The van der Waals surface area contributed by atoms with E-state index in [1.165, 1.54) is 30.3 Å². The van der Waals surface area contributed by atoms with Crippen molar-refractivity contribution >= 4 is 130 Å². The van der Waals surface area contributed by atoms with E-state index in [0.29, 0.717) is 0 Å². The lowest BCUT2D eigenvalue weighted by molar-refractivity contribution is 0.669. The molecule has 0 N–H and O–H groups in total. The van der Waals surface area contributed by atoms with Crippen LogP contribution in [0.5, 0.6) is 0 Å². The zero-order valence-corrected chi connectivity index (χ0v) is 31.5. The summed E-state index contributed by atoms with van der Waals surface area (Å²) in [5.41, 5.74) is 9.22. The van der Waals surface area contributed by atoms with Crippen LogP contribution in [0.15, 0.2) is 191 Å². The maximum absolute atomic E-state index is 6.60. The molecule has 0 amide bonds. The van der Waals surface area contributed by atoms with Crippen molar-refractivity contribution in [2.75, 3.05) is 9.80 Å².